The Balaban J connectivity index is 1.80. The molecule has 0 aromatic heterocycles. The molecule has 2 aliphatic rings. The van der Waals surface area contributed by atoms with Crippen LogP contribution in [0.5, 0.6) is 0 Å². The van der Waals surface area contributed by atoms with Crippen LogP contribution in [0.15, 0.2) is 54.6 Å². The number of halogens is 1. The first-order valence-corrected chi connectivity index (χ1v) is 8.13. The van der Waals surface area contributed by atoms with E-state index >= 15 is 0 Å². The summed E-state index contributed by atoms with van der Waals surface area (Å²) in [5, 5.41) is 11.4. The zero-order chi connectivity index (χ0) is 15.9. The van der Waals surface area contributed by atoms with Gasteiger partial charge in [0.2, 0.25) is 0 Å². The first-order chi connectivity index (χ1) is 11.2. The molecule has 0 spiro atoms. The van der Waals surface area contributed by atoms with E-state index in [0.717, 1.165) is 42.9 Å². The zero-order valence-corrected chi connectivity index (χ0v) is 13.0. The Bertz CT molecular complexity index is 742. The summed E-state index contributed by atoms with van der Waals surface area (Å²) in [7, 11) is 0. The Labute approximate surface area is 135 Å². The average molecular weight is 311 g/mol. The number of nitrogens with zero attached hydrogens (tertiary/aromatic N) is 2. The molecular formula is C19H20FN2O+. The van der Waals surface area contributed by atoms with Crippen LogP contribution in [0, 0.1) is 5.82 Å². The maximum Gasteiger partial charge on any atom is 0.271 e. The molecule has 0 bridgehead atoms. The van der Waals surface area contributed by atoms with Gasteiger partial charge in [0, 0.05) is 12.0 Å². The molecule has 2 aliphatic heterocycles. The second kappa shape index (κ2) is 5.46. The molecule has 3 nitrogen and oxygen atoms in total. The second-order valence-electron chi connectivity index (χ2n) is 6.27. The van der Waals surface area contributed by atoms with Gasteiger partial charge in [-0.1, -0.05) is 18.2 Å². The highest BCUT2D eigenvalue weighted by Crippen LogP contribution is 2.35. The lowest BCUT2D eigenvalue weighted by Gasteiger charge is -2.24. The molecule has 2 heterocycles. The molecule has 2 aromatic rings. The van der Waals surface area contributed by atoms with Crippen LogP contribution in [0.4, 0.5) is 10.1 Å². The van der Waals surface area contributed by atoms with E-state index in [1.807, 2.05) is 18.2 Å². The first kappa shape index (κ1) is 14.4. The van der Waals surface area contributed by atoms with E-state index in [0.29, 0.717) is 6.54 Å². The number of amidine groups is 1. The number of benzene rings is 2. The van der Waals surface area contributed by atoms with Crippen LogP contribution in [0.2, 0.25) is 0 Å². The minimum Gasteiger partial charge on any atom is -0.346 e. The number of para-hydroxylation sites is 1. The molecule has 118 valence electrons. The summed E-state index contributed by atoms with van der Waals surface area (Å²) in [5.41, 5.74) is 0.739. The third-order valence-electron chi connectivity index (χ3n) is 4.85. The van der Waals surface area contributed by atoms with Gasteiger partial charge < -0.3 is 5.11 Å². The van der Waals surface area contributed by atoms with Gasteiger partial charge in [-0.3, -0.25) is 0 Å². The van der Waals surface area contributed by atoms with E-state index in [9.17, 15) is 9.50 Å². The van der Waals surface area contributed by atoms with Crippen molar-refractivity contribution in [2.24, 2.45) is 0 Å². The molecule has 1 unspecified atom stereocenters. The van der Waals surface area contributed by atoms with Gasteiger partial charge in [-0.05, 0) is 49.2 Å². The van der Waals surface area contributed by atoms with Crippen LogP contribution in [0.1, 0.15) is 24.8 Å². The molecule has 1 atom stereocenters. The van der Waals surface area contributed by atoms with Crippen LogP contribution in [0.3, 0.4) is 0 Å². The van der Waals surface area contributed by atoms with Gasteiger partial charge in [-0.2, -0.15) is 0 Å². The SMILES string of the molecule is OC1(c2ccc(F)cc2)CN(c2ccccc2)C2=[N+]1CCCC2. The van der Waals surface area contributed by atoms with E-state index in [2.05, 4.69) is 21.6 Å². The predicted octanol–water partition coefficient (Wildman–Crippen LogP) is 3.09. The van der Waals surface area contributed by atoms with Crippen LogP contribution >= 0.6 is 0 Å². The maximum absolute atomic E-state index is 13.3. The number of β-amino-alcohol motifs (C(OH)–C–C–N with tert-alkyl or cyclic N) is 1. The molecule has 2 aromatic carbocycles. The second-order valence-corrected chi connectivity index (χ2v) is 6.27. The minimum absolute atomic E-state index is 0.280. The summed E-state index contributed by atoms with van der Waals surface area (Å²) in [4.78, 5) is 2.20. The highest BCUT2D eigenvalue weighted by Gasteiger charge is 2.52. The van der Waals surface area contributed by atoms with Crippen molar-refractivity contribution < 1.29 is 14.1 Å². The lowest BCUT2D eigenvalue weighted by Crippen LogP contribution is -2.41. The van der Waals surface area contributed by atoms with Crippen molar-refractivity contribution in [1.82, 2.24) is 0 Å². The summed E-state index contributed by atoms with van der Waals surface area (Å²) in [5.74, 6) is 0.882. The van der Waals surface area contributed by atoms with Gasteiger partial charge in [-0.15, -0.1) is 0 Å². The van der Waals surface area contributed by atoms with Gasteiger partial charge in [0.05, 0.1) is 6.54 Å². The van der Waals surface area contributed by atoms with Gasteiger partial charge in [0.15, 0.2) is 6.54 Å². The summed E-state index contributed by atoms with van der Waals surface area (Å²) in [6.07, 6.45) is 3.16. The summed E-state index contributed by atoms with van der Waals surface area (Å²) >= 11 is 0. The lowest BCUT2D eigenvalue weighted by atomic mass is 10.0. The van der Waals surface area contributed by atoms with E-state index in [1.165, 1.54) is 12.1 Å². The third-order valence-corrected chi connectivity index (χ3v) is 4.85. The highest BCUT2D eigenvalue weighted by atomic mass is 19.1. The van der Waals surface area contributed by atoms with Crippen LogP contribution in [-0.4, -0.2) is 28.6 Å². The van der Waals surface area contributed by atoms with Crippen molar-refractivity contribution in [1.29, 1.82) is 0 Å². The Morgan fingerprint density at radius 2 is 1.74 bits per heavy atom. The fourth-order valence-corrected chi connectivity index (χ4v) is 3.71. The average Bonchev–Trinajstić information content (AvgIpc) is 2.91. The normalized spacial score (nSPS) is 24.0. The lowest BCUT2D eigenvalue weighted by molar-refractivity contribution is -0.661. The number of hydrogen-bond acceptors (Lipinski definition) is 2. The van der Waals surface area contributed by atoms with Crippen molar-refractivity contribution in [3.63, 3.8) is 0 Å². The summed E-state index contributed by atoms with van der Waals surface area (Å²) < 4.78 is 15.4. The molecule has 0 fully saturated rings. The molecular weight excluding hydrogens is 291 g/mol. The van der Waals surface area contributed by atoms with Crippen molar-refractivity contribution in [3.05, 3.63) is 66.0 Å². The zero-order valence-electron chi connectivity index (χ0n) is 13.0. The molecule has 0 radical (unpaired) electrons. The maximum atomic E-state index is 13.3. The van der Waals surface area contributed by atoms with E-state index < -0.39 is 5.72 Å². The highest BCUT2D eigenvalue weighted by molar-refractivity contribution is 5.96. The van der Waals surface area contributed by atoms with Gasteiger partial charge in [-0.25, -0.2) is 13.9 Å². The van der Waals surface area contributed by atoms with E-state index in [4.69, 9.17) is 0 Å². The summed E-state index contributed by atoms with van der Waals surface area (Å²) in [6.45, 7) is 1.30. The fraction of sp³-hybridized carbons (Fsp3) is 0.316. The quantitative estimate of drug-likeness (QED) is 0.863. The number of hydrogen-bond donors (Lipinski definition) is 1. The van der Waals surface area contributed by atoms with E-state index in [1.54, 1.807) is 12.1 Å². The molecule has 4 heteroatoms. The molecule has 4 rings (SSSR count). The minimum atomic E-state index is -1.10. The Kier molecular flexibility index (Phi) is 3.42. The molecule has 1 N–H and O–H groups in total. The van der Waals surface area contributed by atoms with E-state index in [-0.39, 0.29) is 5.82 Å². The molecule has 0 saturated carbocycles. The van der Waals surface area contributed by atoms with Crippen LogP contribution < -0.4 is 4.90 Å². The summed E-state index contributed by atoms with van der Waals surface area (Å²) in [6, 6.07) is 16.4. The van der Waals surface area contributed by atoms with Gasteiger partial charge in [0.25, 0.3) is 11.6 Å². The topological polar surface area (TPSA) is 26.5 Å². The Hall–Kier alpha value is -2.20. The Morgan fingerprint density at radius 3 is 2.48 bits per heavy atom. The molecule has 0 aliphatic carbocycles. The van der Waals surface area contributed by atoms with Gasteiger partial charge in [0.1, 0.15) is 11.5 Å². The van der Waals surface area contributed by atoms with Crippen LogP contribution in [-0.2, 0) is 5.72 Å². The smallest absolute Gasteiger partial charge is 0.271 e. The van der Waals surface area contributed by atoms with Crippen molar-refractivity contribution in [2.45, 2.75) is 25.0 Å². The molecule has 23 heavy (non-hydrogen) atoms. The largest absolute Gasteiger partial charge is 0.346 e. The van der Waals surface area contributed by atoms with Gasteiger partial charge >= 0.3 is 0 Å². The monoisotopic (exact) mass is 311 g/mol. The predicted molar refractivity (Wildman–Crippen MR) is 88.1 cm³/mol. The number of anilines is 1. The van der Waals surface area contributed by atoms with Crippen molar-refractivity contribution in [3.8, 4) is 0 Å². The first-order valence-electron chi connectivity index (χ1n) is 8.13. The molecule has 0 amide bonds. The number of aliphatic hydroxyl groups is 1. The third kappa shape index (κ3) is 2.34. The molecule has 0 saturated heterocycles. The fourth-order valence-electron chi connectivity index (χ4n) is 3.71. The standard InChI is InChI=1S/C19H20FN2O/c20-16-11-9-15(10-12-16)19(23)14-21(17-6-2-1-3-7-17)18-8-4-5-13-22(18)19/h1-3,6-7,9-12,23H,4-5,8,13-14H2/q+1. The number of rotatable bonds is 2. The van der Waals surface area contributed by atoms with Crippen molar-refractivity contribution >= 4 is 11.5 Å². The van der Waals surface area contributed by atoms with Crippen LogP contribution in [0.25, 0.3) is 0 Å². The Morgan fingerprint density at radius 1 is 1.00 bits per heavy atom. The van der Waals surface area contributed by atoms with Crippen molar-refractivity contribution in [2.75, 3.05) is 18.0 Å².